The van der Waals surface area contributed by atoms with Crippen molar-refractivity contribution in [3.63, 3.8) is 0 Å². The number of hydrogen-bond donors (Lipinski definition) is 0. The Morgan fingerprint density at radius 1 is 1.07 bits per heavy atom. The van der Waals surface area contributed by atoms with Crippen molar-refractivity contribution >= 4 is 0 Å². The van der Waals surface area contributed by atoms with E-state index in [1.807, 2.05) is 0 Å². The minimum absolute atomic E-state index is 0. The maximum Gasteiger partial charge on any atom is 0.104 e. The number of nitrogens with zero attached hydrogens (tertiary/aromatic N) is 1. The zero-order valence-electron chi connectivity index (χ0n) is 9.33. The Kier molecular flexibility index (Phi) is 9.21. The maximum absolute atomic E-state index is 2.26. The second-order valence-corrected chi connectivity index (χ2v) is 3.90. The first-order valence-corrected chi connectivity index (χ1v) is 4.50. The van der Waals surface area contributed by atoms with Crippen LogP contribution in [-0.4, -0.2) is 25.1 Å². The zero-order valence-corrected chi connectivity index (χ0v) is 15.6. The van der Waals surface area contributed by atoms with Crippen LogP contribution in [-0.2, 0) is 34.2 Å². The van der Waals surface area contributed by atoms with E-state index >= 15 is 0 Å². The second-order valence-electron chi connectivity index (χ2n) is 3.90. The molecule has 0 aliphatic heterocycles. The Morgan fingerprint density at radius 2 is 1.57 bits per heavy atom. The van der Waals surface area contributed by atoms with Crippen molar-refractivity contribution in [1.82, 2.24) is 0 Å². The monoisotopic (exact) mass is 401 g/mol. The van der Waals surface area contributed by atoms with Crippen LogP contribution in [0.25, 0.3) is 0 Å². The molecular formula is C11H18ClHgN. The summed E-state index contributed by atoms with van der Waals surface area (Å²) in [4.78, 5) is 0. The van der Waals surface area contributed by atoms with E-state index in [0.717, 1.165) is 11.0 Å². The maximum atomic E-state index is 2.26. The van der Waals surface area contributed by atoms with Crippen LogP contribution in [0, 0.1) is 0 Å². The van der Waals surface area contributed by atoms with E-state index in [1.165, 1.54) is 12.1 Å². The largest absolute Gasteiger partial charge is 1.00 e. The number of benzene rings is 1. The van der Waals surface area contributed by atoms with Crippen molar-refractivity contribution < 1.29 is 44.6 Å². The molecule has 1 aromatic carbocycles. The van der Waals surface area contributed by atoms with Crippen molar-refractivity contribution in [2.75, 3.05) is 20.6 Å². The van der Waals surface area contributed by atoms with Gasteiger partial charge in [0.05, 0.1) is 20.6 Å². The minimum atomic E-state index is 0. The van der Waals surface area contributed by atoms with Gasteiger partial charge >= 0.3 is 0 Å². The molecule has 0 fully saturated rings. The van der Waals surface area contributed by atoms with Crippen LogP contribution in [0.1, 0.15) is 12.5 Å². The van der Waals surface area contributed by atoms with Gasteiger partial charge < -0.3 is 16.9 Å². The molecular weight excluding hydrogens is 382 g/mol. The van der Waals surface area contributed by atoms with Gasteiger partial charge in [-0.05, 0) is 6.92 Å². The fraction of sp³-hybridized carbons (Fsp3) is 0.455. The van der Waals surface area contributed by atoms with Gasteiger partial charge in [0.15, 0.2) is 0 Å². The molecule has 0 atom stereocenters. The zero-order chi connectivity index (χ0) is 9.03. The van der Waals surface area contributed by atoms with Crippen LogP contribution in [0.3, 0.4) is 0 Å². The van der Waals surface area contributed by atoms with Crippen molar-refractivity contribution in [2.24, 2.45) is 0 Å². The normalized spacial score (nSPS) is 9.93. The van der Waals surface area contributed by atoms with Gasteiger partial charge in [-0.25, -0.2) is 0 Å². The fourth-order valence-corrected chi connectivity index (χ4v) is 1.19. The van der Waals surface area contributed by atoms with Gasteiger partial charge in [-0.2, -0.15) is 0 Å². The van der Waals surface area contributed by atoms with Gasteiger partial charge in [0.2, 0.25) is 0 Å². The molecule has 0 aromatic heterocycles. The summed E-state index contributed by atoms with van der Waals surface area (Å²) in [5.41, 5.74) is 1.42. The van der Waals surface area contributed by atoms with Crippen LogP contribution in [0.4, 0.5) is 0 Å². The van der Waals surface area contributed by atoms with Crippen LogP contribution in [0.5, 0.6) is 0 Å². The molecule has 0 spiro atoms. The summed E-state index contributed by atoms with van der Waals surface area (Å²) in [5, 5.41) is 0. The minimum Gasteiger partial charge on any atom is -1.00 e. The number of halogens is 1. The number of hydrogen-bond acceptors (Lipinski definition) is 0. The summed E-state index contributed by atoms with van der Waals surface area (Å²) in [6.45, 7) is 4.52. The Hall–Kier alpha value is 0.405. The summed E-state index contributed by atoms with van der Waals surface area (Å²) < 4.78 is 1.06. The van der Waals surface area contributed by atoms with Gasteiger partial charge in [0.25, 0.3) is 0 Å². The molecule has 0 saturated heterocycles. The molecule has 0 amide bonds. The third kappa shape index (κ3) is 6.00. The van der Waals surface area contributed by atoms with E-state index in [1.54, 1.807) is 0 Å². The summed E-state index contributed by atoms with van der Waals surface area (Å²) >= 11 is 0. The first kappa shape index (κ1) is 16.8. The predicted octanol–water partition coefficient (Wildman–Crippen LogP) is -0.716. The smallest absolute Gasteiger partial charge is 0.104 e. The molecule has 0 bridgehead atoms. The molecule has 0 N–H and O–H groups in total. The standard InChI is InChI=1S/C11H18N.ClH.Hg/c1-4-12(2,3)10-11-8-6-5-7-9-11;;/h5-9H,4,10H2,1-3H3;1H;/q+1;;/p-1. The predicted molar refractivity (Wildman–Crippen MR) is 52.8 cm³/mol. The Balaban J connectivity index is 0. The molecule has 0 aliphatic rings. The van der Waals surface area contributed by atoms with Crippen molar-refractivity contribution in [3.05, 3.63) is 35.9 Å². The molecule has 76 valence electrons. The third-order valence-corrected chi connectivity index (χ3v) is 2.31. The molecule has 0 radical (unpaired) electrons. The summed E-state index contributed by atoms with van der Waals surface area (Å²) in [5.74, 6) is 0. The third-order valence-electron chi connectivity index (χ3n) is 2.31. The van der Waals surface area contributed by atoms with Gasteiger partial charge in [0, 0.05) is 33.2 Å². The second kappa shape index (κ2) is 7.66. The van der Waals surface area contributed by atoms with E-state index in [9.17, 15) is 0 Å². The first-order chi connectivity index (χ1) is 5.64. The van der Waals surface area contributed by atoms with Gasteiger partial charge in [-0.15, -0.1) is 0 Å². The first-order valence-electron chi connectivity index (χ1n) is 4.50. The van der Waals surface area contributed by atoms with E-state index in [0.29, 0.717) is 0 Å². The molecule has 3 heteroatoms. The van der Waals surface area contributed by atoms with E-state index in [-0.39, 0.29) is 40.1 Å². The fourth-order valence-electron chi connectivity index (χ4n) is 1.19. The SMILES string of the molecule is CC[N+](C)(C)Cc1ccccc1.[Cl-].[Hg]. The number of rotatable bonds is 3. The van der Waals surface area contributed by atoms with Crippen molar-refractivity contribution in [1.29, 1.82) is 0 Å². The number of quaternary nitrogens is 1. The molecule has 1 aromatic rings. The van der Waals surface area contributed by atoms with Crippen LogP contribution >= 0.6 is 0 Å². The average Bonchev–Trinajstić information content (AvgIpc) is 2.06. The molecule has 0 unspecified atom stereocenters. The summed E-state index contributed by atoms with van der Waals surface area (Å²) in [6.07, 6.45) is 0. The molecule has 1 nitrogen and oxygen atoms in total. The van der Waals surface area contributed by atoms with Gasteiger partial charge in [-0.3, -0.25) is 0 Å². The molecule has 0 saturated carbocycles. The van der Waals surface area contributed by atoms with E-state index < -0.39 is 0 Å². The Morgan fingerprint density at radius 3 is 2.00 bits per heavy atom. The van der Waals surface area contributed by atoms with Gasteiger partial charge in [-0.1, -0.05) is 30.3 Å². The molecule has 0 aliphatic carbocycles. The van der Waals surface area contributed by atoms with Gasteiger partial charge in [0.1, 0.15) is 6.54 Å². The average molecular weight is 400 g/mol. The summed E-state index contributed by atoms with van der Waals surface area (Å²) in [6, 6.07) is 10.6. The molecule has 14 heavy (non-hydrogen) atoms. The molecule has 0 heterocycles. The Bertz CT molecular complexity index is 236. The van der Waals surface area contributed by atoms with Crippen molar-refractivity contribution in [2.45, 2.75) is 13.5 Å². The topological polar surface area (TPSA) is 0 Å². The van der Waals surface area contributed by atoms with Crippen LogP contribution < -0.4 is 12.4 Å². The van der Waals surface area contributed by atoms with E-state index in [4.69, 9.17) is 0 Å². The van der Waals surface area contributed by atoms with Crippen LogP contribution in [0.15, 0.2) is 30.3 Å². The summed E-state index contributed by atoms with van der Waals surface area (Å²) in [7, 11) is 4.51. The van der Waals surface area contributed by atoms with E-state index in [2.05, 4.69) is 51.4 Å². The van der Waals surface area contributed by atoms with Crippen molar-refractivity contribution in [3.8, 4) is 0 Å². The quantitative estimate of drug-likeness (QED) is 0.465. The molecule has 1 rings (SSSR count). The Labute approximate surface area is 114 Å². The van der Waals surface area contributed by atoms with Crippen LogP contribution in [0.2, 0.25) is 0 Å².